The van der Waals surface area contributed by atoms with Crippen molar-refractivity contribution in [2.45, 2.75) is 13.0 Å². The van der Waals surface area contributed by atoms with Crippen LogP contribution in [0.3, 0.4) is 0 Å². The van der Waals surface area contributed by atoms with Crippen molar-refractivity contribution in [1.82, 2.24) is 9.78 Å². The van der Waals surface area contributed by atoms with Crippen LogP contribution in [0.25, 0.3) is 0 Å². The highest BCUT2D eigenvalue weighted by Crippen LogP contribution is 2.20. The molecule has 0 bridgehead atoms. The van der Waals surface area contributed by atoms with E-state index < -0.39 is 29.3 Å². The lowest BCUT2D eigenvalue weighted by molar-refractivity contribution is -0.119. The van der Waals surface area contributed by atoms with Gasteiger partial charge in [0.15, 0.2) is 0 Å². The van der Waals surface area contributed by atoms with E-state index in [0.29, 0.717) is 0 Å². The first-order valence-electron chi connectivity index (χ1n) is 5.82. The Bertz CT molecular complexity index is 640. The van der Waals surface area contributed by atoms with Gasteiger partial charge in [-0.1, -0.05) is 6.07 Å². The Labute approximate surface area is 113 Å². The van der Waals surface area contributed by atoms with Gasteiger partial charge in [0, 0.05) is 12.4 Å². The molecule has 0 aliphatic rings. The number of anilines is 1. The van der Waals surface area contributed by atoms with E-state index in [1.165, 1.54) is 23.0 Å². The fourth-order valence-corrected chi connectivity index (χ4v) is 1.71. The highest BCUT2D eigenvalue weighted by atomic mass is 19.1. The summed E-state index contributed by atoms with van der Waals surface area (Å²) in [6.07, 6.45) is 3.13. The Morgan fingerprint density at radius 2 is 2.15 bits per heavy atom. The first-order valence-corrected chi connectivity index (χ1v) is 5.82. The Kier molecular flexibility index (Phi) is 3.79. The van der Waals surface area contributed by atoms with Crippen LogP contribution in [0.5, 0.6) is 0 Å². The van der Waals surface area contributed by atoms with Crippen molar-refractivity contribution in [3.05, 3.63) is 48.0 Å². The maximum atomic E-state index is 13.5. The summed E-state index contributed by atoms with van der Waals surface area (Å²) in [6.45, 7) is 1.60. The third-order valence-corrected chi connectivity index (χ3v) is 2.79. The van der Waals surface area contributed by atoms with Gasteiger partial charge >= 0.3 is 5.97 Å². The van der Waals surface area contributed by atoms with Gasteiger partial charge in [0.2, 0.25) is 5.91 Å². The molecular weight excluding hydrogens is 265 g/mol. The van der Waals surface area contributed by atoms with Gasteiger partial charge in [-0.05, 0) is 25.1 Å². The Hall–Kier alpha value is -2.70. The zero-order valence-electron chi connectivity index (χ0n) is 10.6. The first kappa shape index (κ1) is 13.7. The number of amides is 1. The monoisotopic (exact) mass is 277 g/mol. The van der Waals surface area contributed by atoms with Gasteiger partial charge in [0.05, 0.1) is 5.69 Å². The lowest BCUT2D eigenvalue weighted by Gasteiger charge is -2.14. The number of rotatable bonds is 4. The van der Waals surface area contributed by atoms with Gasteiger partial charge in [-0.25, -0.2) is 9.18 Å². The second-order valence-electron chi connectivity index (χ2n) is 4.12. The number of aromatic carboxylic acids is 1. The van der Waals surface area contributed by atoms with Crippen LogP contribution in [-0.2, 0) is 4.79 Å². The molecule has 7 heteroatoms. The highest BCUT2D eigenvalue weighted by molar-refractivity contribution is 6.01. The minimum absolute atomic E-state index is 0.0819. The summed E-state index contributed by atoms with van der Waals surface area (Å²) >= 11 is 0. The molecule has 1 aromatic carbocycles. The molecule has 0 fully saturated rings. The number of halogens is 1. The molecule has 0 saturated carbocycles. The molecule has 2 aromatic rings. The summed E-state index contributed by atoms with van der Waals surface area (Å²) in [5, 5.41) is 15.3. The van der Waals surface area contributed by atoms with Crippen LogP contribution in [0.4, 0.5) is 10.1 Å². The van der Waals surface area contributed by atoms with Crippen LogP contribution >= 0.6 is 0 Å². The molecule has 1 amide bonds. The molecule has 104 valence electrons. The zero-order valence-corrected chi connectivity index (χ0v) is 10.6. The molecule has 6 nitrogen and oxygen atoms in total. The molecule has 20 heavy (non-hydrogen) atoms. The average molecular weight is 277 g/mol. The minimum Gasteiger partial charge on any atom is -0.478 e. The molecule has 0 aliphatic heterocycles. The number of nitrogens with zero attached hydrogens (tertiary/aromatic N) is 2. The van der Waals surface area contributed by atoms with Crippen LogP contribution in [-0.4, -0.2) is 26.8 Å². The normalized spacial score (nSPS) is 11.9. The molecule has 0 saturated heterocycles. The number of benzene rings is 1. The van der Waals surface area contributed by atoms with Gasteiger partial charge in [-0.15, -0.1) is 0 Å². The van der Waals surface area contributed by atoms with Crippen LogP contribution in [0.15, 0.2) is 36.7 Å². The van der Waals surface area contributed by atoms with E-state index in [4.69, 9.17) is 5.11 Å². The average Bonchev–Trinajstić information content (AvgIpc) is 2.91. The number of hydrogen-bond donors (Lipinski definition) is 2. The number of carbonyl (C=O) groups excluding carboxylic acids is 1. The van der Waals surface area contributed by atoms with Crippen LogP contribution in [0.2, 0.25) is 0 Å². The maximum Gasteiger partial charge on any atom is 0.340 e. The number of hydrogen-bond acceptors (Lipinski definition) is 3. The van der Waals surface area contributed by atoms with E-state index in [1.54, 1.807) is 19.2 Å². The Balaban J connectivity index is 2.24. The van der Waals surface area contributed by atoms with E-state index in [-0.39, 0.29) is 5.69 Å². The third-order valence-electron chi connectivity index (χ3n) is 2.79. The highest BCUT2D eigenvalue weighted by Gasteiger charge is 2.20. The molecule has 1 atom stereocenters. The lowest BCUT2D eigenvalue weighted by atomic mass is 10.1. The lowest BCUT2D eigenvalue weighted by Crippen LogP contribution is -2.25. The molecule has 1 heterocycles. The fourth-order valence-electron chi connectivity index (χ4n) is 1.71. The van der Waals surface area contributed by atoms with Crippen molar-refractivity contribution in [2.24, 2.45) is 0 Å². The molecule has 0 aliphatic carbocycles. The Morgan fingerprint density at radius 1 is 1.40 bits per heavy atom. The molecule has 1 aromatic heterocycles. The predicted molar refractivity (Wildman–Crippen MR) is 68.9 cm³/mol. The van der Waals surface area contributed by atoms with Crippen molar-refractivity contribution < 1.29 is 19.1 Å². The van der Waals surface area contributed by atoms with Crippen molar-refractivity contribution in [3.63, 3.8) is 0 Å². The molecule has 0 spiro atoms. The van der Waals surface area contributed by atoms with E-state index in [0.717, 1.165) is 6.07 Å². The van der Waals surface area contributed by atoms with Crippen LogP contribution in [0.1, 0.15) is 23.3 Å². The van der Waals surface area contributed by atoms with E-state index in [1.807, 2.05) is 0 Å². The second kappa shape index (κ2) is 5.52. The maximum absolute atomic E-state index is 13.5. The van der Waals surface area contributed by atoms with Crippen LogP contribution in [0, 0.1) is 5.82 Å². The van der Waals surface area contributed by atoms with Gasteiger partial charge in [0.1, 0.15) is 17.4 Å². The number of carboxylic acids is 1. The molecule has 1 unspecified atom stereocenters. The molecule has 2 N–H and O–H groups in total. The smallest absolute Gasteiger partial charge is 0.340 e. The quantitative estimate of drug-likeness (QED) is 0.894. The fraction of sp³-hybridized carbons (Fsp3) is 0.154. The molecule has 0 radical (unpaired) electrons. The number of carboxylic acid groups (broad SMARTS) is 1. The standard InChI is InChI=1S/C13H12FN3O3/c1-8(17-7-3-6-15-17)12(18)16-10-5-2-4-9(14)11(10)13(19)20/h2-8H,1H3,(H,16,18)(H,19,20). The van der Waals surface area contributed by atoms with Crippen LogP contribution < -0.4 is 5.32 Å². The summed E-state index contributed by atoms with van der Waals surface area (Å²) in [7, 11) is 0. The van der Waals surface area contributed by atoms with Crippen molar-refractivity contribution in [3.8, 4) is 0 Å². The molecular formula is C13H12FN3O3. The SMILES string of the molecule is CC(C(=O)Nc1cccc(F)c1C(=O)O)n1cccn1. The van der Waals surface area contributed by atoms with Crippen molar-refractivity contribution >= 4 is 17.6 Å². The summed E-state index contributed by atoms with van der Waals surface area (Å²) < 4.78 is 14.9. The van der Waals surface area contributed by atoms with Gasteiger partial charge < -0.3 is 10.4 Å². The van der Waals surface area contributed by atoms with Crippen molar-refractivity contribution in [2.75, 3.05) is 5.32 Å². The number of nitrogens with one attached hydrogen (secondary N) is 1. The van der Waals surface area contributed by atoms with Gasteiger partial charge in [-0.3, -0.25) is 9.48 Å². The second-order valence-corrected chi connectivity index (χ2v) is 4.12. The van der Waals surface area contributed by atoms with Crippen molar-refractivity contribution in [1.29, 1.82) is 0 Å². The topological polar surface area (TPSA) is 84.2 Å². The minimum atomic E-state index is -1.44. The number of aromatic nitrogens is 2. The van der Waals surface area contributed by atoms with E-state index in [9.17, 15) is 14.0 Å². The first-order chi connectivity index (χ1) is 9.50. The zero-order chi connectivity index (χ0) is 14.7. The summed E-state index contributed by atoms with van der Waals surface area (Å²) in [5.41, 5.74) is -0.643. The number of carbonyl (C=O) groups is 2. The largest absolute Gasteiger partial charge is 0.478 e. The summed E-state index contributed by atoms with van der Waals surface area (Å²) in [4.78, 5) is 23.0. The van der Waals surface area contributed by atoms with Gasteiger partial charge in [-0.2, -0.15) is 5.10 Å². The van der Waals surface area contributed by atoms with Gasteiger partial charge in [0.25, 0.3) is 0 Å². The Morgan fingerprint density at radius 3 is 2.75 bits per heavy atom. The predicted octanol–water partition coefficient (Wildman–Crippen LogP) is 1.92. The summed E-state index contributed by atoms with van der Waals surface area (Å²) in [6, 6.07) is 4.70. The summed E-state index contributed by atoms with van der Waals surface area (Å²) in [5.74, 6) is -2.83. The third kappa shape index (κ3) is 2.66. The van der Waals surface area contributed by atoms with E-state index >= 15 is 0 Å². The van der Waals surface area contributed by atoms with E-state index in [2.05, 4.69) is 10.4 Å². The molecule has 2 rings (SSSR count).